The van der Waals surface area contributed by atoms with Crippen molar-refractivity contribution in [3.63, 3.8) is 0 Å². The molecule has 5 heteroatoms. The van der Waals surface area contributed by atoms with Crippen LogP contribution in [0, 0.1) is 18.8 Å². The lowest BCUT2D eigenvalue weighted by Crippen LogP contribution is -2.42. The minimum atomic E-state index is -0.858. The van der Waals surface area contributed by atoms with Crippen LogP contribution in [0.2, 0.25) is 0 Å². The molecule has 2 unspecified atom stereocenters. The number of hydrogen-bond donors (Lipinski definition) is 1. The smallest absolute Gasteiger partial charge is 0.307 e. The van der Waals surface area contributed by atoms with Gasteiger partial charge >= 0.3 is 5.97 Å². The van der Waals surface area contributed by atoms with Gasteiger partial charge in [0, 0.05) is 6.04 Å². The molecule has 0 spiro atoms. The van der Waals surface area contributed by atoms with E-state index < -0.39 is 17.8 Å². The topological polar surface area (TPSA) is 70.8 Å². The molecule has 0 bridgehead atoms. The highest BCUT2D eigenvalue weighted by atomic mass is 16.4. The first kappa shape index (κ1) is 15.6. The molecule has 0 aliphatic heterocycles. The molecule has 21 heavy (non-hydrogen) atoms. The summed E-state index contributed by atoms with van der Waals surface area (Å²) < 4.78 is 5.54. The van der Waals surface area contributed by atoms with Crippen molar-refractivity contribution in [3.05, 3.63) is 23.7 Å². The van der Waals surface area contributed by atoms with Gasteiger partial charge in [0.25, 0.3) is 0 Å². The van der Waals surface area contributed by atoms with Gasteiger partial charge in [0.2, 0.25) is 5.91 Å². The van der Waals surface area contributed by atoms with Crippen LogP contribution in [0.1, 0.15) is 44.6 Å². The maximum Gasteiger partial charge on any atom is 0.307 e. The Balaban J connectivity index is 2.14. The zero-order valence-electron chi connectivity index (χ0n) is 12.8. The fourth-order valence-corrected chi connectivity index (χ4v) is 3.02. The van der Waals surface area contributed by atoms with E-state index in [2.05, 4.69) is 0 Å². The van der Waals surface area contributed by atoms with Crippen molar-refractivity contribution < 1.29 is 19.1 Å². The normalized spacial score (nSPS) is 21.7. The van der Waals surface area contributed by atoms with Gasteiger partial charge in [-0.3, -0.25) is 9.59 Å². The van der Waals surface area contributed by atoms with Gasteiger partial charge in [-0.2, -0.15) is 0 Å². The number of carbonyl (C=O) groups is 2. The molecule has 1 fully saturated rings. The van der Waals surface area contributed by atoms with Crippen molar-refractivity contribution in [1.29, 1.82) is 0 Å². The van der Waals surface area contributed by atoms with Crippen molar-refractivity contribution >= 4 is 11.9 Å². The number of carboxylic acid groups (broad SMARTS) is 1. The van der Waals surface area contributed by atoms with Crippen LogP contribution < -0.4 is 0 Å². The molecule has 1 amide bonds. The summed E-state index contributed by atoms with van der Waals surface area (Å²) in [5.41, 5.74) is 0. The standard InChI is InChI=1S/C16H23NO4/c1-10(2)17(9-12-8-7-11(3)21-12)15(18)13-5-4-6-14(13)16(19)20/h7-8,10,13-14H,4-6,9H2,1-3H3,(H,19,20). The number of nitrogens with zero attached hydrogens (tertiary/aromatic N) is 1. The van der Waals surface area contributed by atoms with Gasteiger partial charge in [0.15, 0.2) is 0 Å². The molecule has 1 aromatic heterocycles. The largest absolute Gasteiger partial charge is 0.481 e. The second-order valence-corrected chi connectivity index (χ2v) is 6.05. The van der Waals surface area contributed by atoms with Crippen molar-refractivity contribution in [2.45, 2.75) is 52.6 Å². The molecule has 1 aromatic rings. The van der Waals surface area contributed by atoms with Gasteiger partial charge in [-0.05, 0) is 45.7 Å². The van der Waals surface area contributed by atoms with E-state index in [4.69, 9.17) is 4.42 Å². The van der Waals surface area contributed by atoms with Crippen LogP contribution in [-0.2, 0) is 16.1 Å². The number of aliphatic carboxylic acids is 1. The summed E-state index contributed by atoms with van der Waals surface area (Å²) in [4.78, 5) is 25.7. The van der Waals surface area contributed by atoms with Crippen LogP contribution in [0.4, 0.5) is 0 Å². The van der Waals surface area contributed by atoms with E-state index in [-0.39, 0.29) is 11.9 Å². The fraction of sp³-hybridized carbons (Fsp3) is 0.625. The molecule has 1 aliphatic rings. The van der Waals surface area contributed by atoms with Crippen LogP contribution in [-0.4, -0.2) is 27.9 Å². The Morgan fingerprint density at radius 1 is 1.33 bits per heavy atom. The summed E-state index contributed by atoms with van der Waals surface area (Å²) >= 11 is 0. The summed E-state index contributed by atoms with van der Waals surface area (Å²) in [6.45, 7) is 6.15. The lowest BCUT2D eigenvalue weighted by atomic mass is 9.94. The van der Waals surface area contributed by atoms with Gasteiger partial charge in [-0.15, -0.1) is 0 Å². The van der Waals surface area contributed by atoms with Crippen molar-refractivity contribution in [2.75, 3.05) is 0 Å². The minimum absolute atomic E-state index is 0.0120. The third-order valence-corrected chi connectivity index (χ3v) is 4.18. The van der Waals surface area contributed by atoms with E-state index in [9.17, 15) is 14.7 Å². The number of aryl methyl sites for hydroxylation is 1. The first-order valence-electron chi connectivity index (χ1n) is 7.48. The zero-order valence-corrected chi connectivity index (χ0v) is 12.8. The summed E-state index contributed by atoms with van der Waals surface area (Å²) in [5.74, 6) is -0.324. The number of carbonyl (C=O) groups excluding carboxylic acids is 1. The summed E-state index contributed by atoms with van der Waals surface area (Å²) in [6.07, 6.45) is 2.06. The highest BCUT2D eigenvalue weighted by Crippen LogP contribution is 2.34. The predicted molar refractivity (Wildman–Crippen MR) is 77.6 cm³/mol. The molecule has 0 radical (unpaired) electrons. The molecular weight excluding hydrogens is 270 g/mol. The fourth-order valence-electron chi connectivity index (χ4n) is 3.02. The number of rotatable bonds is 5. The van der Waals surface area contributed by atoms with Crippen LogP contribution in [0.3, 0.4) is 0 Å². The molecular formula is C16H23NO4. The van der Waals surface area contributed by atoms with Crippen molar-refractivity contribution in [3.8, 4) is 0 Å². The van der Waals surface area contributed by atoms with Crippen LogP contribution >= 0.6 is 0 Å². The molecule has 2 atom stereocenters. The summed E-state index contributed by atoms with van der Waals surface area (Å²) in [5, 5.41) is 9.26. The third kappa shape index (κ3) is 3.46. The maximum atomic E-state index is 12.7. The molecule has 2 rings (SSSR count). The van der Waals surface area contributed by atoms with Crippen molar-refractivity contribution in [1.82, 2.24) is 4.90 Å². The highest BCUT2D eigenvalue weighted by molar-refractivity contribution is 5.85. The number of carboxylic acids is 1. The molecule has 1 N–H and O–H groups in total. The SMILES string of the molecule is Cc1ccc(CN(C(=O)C2CCCC2C(=O)O)C(C)C)o1. The minimum Gasteiger partial charge on any atom is -0.481 e. The molecule has 1 aliphatic carbocycles. The third-order valence-electron chi connectivity index (χ3n) is 4.18. The first-order valence-corrected chi connectivity index (χ1v) is 7.48. The second kappa shape index (κ2) is 6.33. The average Bonchev–Trinajstić information content (AvgIpc) is 3.03. The Kier molecular flexibility index (Phi) is 4.70. The lowest BCUT2D eigenvalue weighted by molar-refractivity contribution is -0.150. The molecule has 5 nitrogen and oxygen atoms in total. The van der Waals surface area contributed by atoms with Gasteiger partial charge in [-0.25, -0.2) is 0 Å². The van der Waals surface area contributed by atoms with Gasteiger partial charge in [0.05, 0.1) is 18.4 Å². The Morgan fingerprint density at radius 3 is 2.52 bits per heavy atom. The molecule has 1 heterocycles. The van der Waals surface area contributed by atoms with Crippen LogP contribution in [0.25, 0.3) is 0 Å². The van der Waals surface area contributed by atoms with E-state index in [1.807, 2.05) is 32.9 Å². The summed E-state index contributed by atoms with van der Waals surface area (Å²) in [6, 6.07) is 3.74. The number of amides is 1. The van der Waals surface area contributed by atoms with E-state index in [1.165, 1.54) is 0 Å². The molecule has 116 valence electrons. The second-order valence-electron chi connectivity index (χ2n) is 6.05. The van der Waals surface area contributed by atoms with Crippen LogP contribution in [0.15, 0.2) is 16.5 Å². The van der Waals surface area contributed by atoms with E-state index in [0.29, 0.717) is 19.4 Å². The Morgan fingerprint density at radius 2 is 2.00 bits per heavy atom. The number of hydrogen-bond acceptors (Lipinski definition) is 3. The Labute approximate surface area is 124 Å². The lowest BCUT2D eigenvalue weighted by Gasteiger charge is -2.30. The van der Waals surface area contributed by atoms with Gasteiger partial charge in [0.1, 0.15) is 11.5 Å². The summed E-state index contributed by atoms with van der Waals surface area (Å²) in [7, 11) is 0. The predicted octanol–water partition coefficient (Wildman–Crippen LogP) is 2.83. The molecule has 0 saturated heterocycles. The van der Waals surface area contributed by atoms with Crippen LogP contribution in [0.5, 0.6) is 0 Å². The maximum absolute atomic E-state index is 12.7. The van der Waals surface area contributed by atoms with E-state index in [0.717, 1.165) is 17.9 Å². The Bertz CT molecular complexity index is 520. The Hall–Kier alpha value is -1.78. The molecule has 1 saturated carbocycles. The average molecular weight is 293 g/mol. The molecule has 0 aromatic carbocycles. The van der Waals surface area contributed by atoms with Crippen molar-refractivity contribution in [2.24, 2.45) is 11.8 Å². The monoisotopic (exact) mass is 293 g/mol. The zero-order chi connectivity index (χ0) is 15.6. The van der Waals surface area contributed by atoms with Gasteiger partial charge < -0.3 is 14.4 Å². The highest BCUT2D eigenvalue weighted by Gasteiger charge is 2.40. The number of furan rings is 1. The van der Waals surface area contributed by atoms with E-state index >= 15 is 0 Å². The van der Waals surface area contributed by atoms with Gasteiger partial charge in [-0.1, -0.05) is 6.42 Å². The first-order chi connectivity index (χ1) is 9.90. The van der Waals surface area contributed by atoms with E-state index in [1.54, 1.807) is 4.90 Å². The quantitative estimate of drug-likeness (QED) is 0.906.